The van der Waals surface area contributed by atoms with Crippen LogP contribution in [0.15, 0.2) is 60.7 Å². The van der Waals surface area contributed by atoms with E-state index in [0.717, 1.165) is 23.4 Å². The normalized spacial score (nSPS) is 11.3. The minimum Gasteiger partial charge on any atom is -0.497 e. The van der Waals surface area contributed by atoms with Gasteiger partial charge in [0.05, 0.1) is 18.4 Å². The zero-order chi connectivity index (χ0) is 19.4. The second kappa shape index (κ2) is 8.16. The van der Waals surface area contributed by atoms with Crippen molar-refractivity contribution in [3.05, 3.63) is 75.5 Å². The first kappa shape index (κ1) is 19.5. The molecule has 0 atom stereocenters. The predicted octanol–water partition coefficient (Wildman–Crippen LogP) is 5.96. The molecule has 3 rings (SSSR count). The van der Waals surface area contributed by atoms with E-state index >= 15 is 0 Å². The van der Waals surface area contributed by atoms with Crippen LogP contribution in [0.25, 0.3) is 11.3 Å². The van der Waals surface area contributed by atoms with Gasteiger partial charge in [0.25, 0.3) is 0 Å². The van der Waals surface area contributed by atoms with Crippen molar-refractivity contribution in [3.8, 4) is 22.8 Å². The Bertz CT molecular complexity index is 910. The SMILES string of the molecule is COc1ccc(COc2ccc(-c3ccc(C(F)(F)F)cc3)nc2I)cc1. The zero-order valence-corrected chi connectivity index (χ0v) is 16.4. The van der Waals surface area contributed by atoms with Crippen molar-refractivity contribution in [1.29, 1.82) is 0 Å². The summed E-state index contributed by atoms with van der Waals surface area (Å²) in [6, 6.07) is 16.0. The summed E-state index contributed by atoms with van der Waals surface area (Å²) < 4.78 is 49.5. The summed E-state index contributed by atoms with van der Waals surface area (Å²) in [5.74, 6) is 1.39. The molecule has 140 valence electrons. The molecule has 0 aliphatic rings. The highest BCUT2D eigenvalue weighted by molar-refractivity contribution is 14.1. The molecule has 0 unspecified atom stereocenters. The van der Waals surface area contributed by atoms with E-state index < -0.39 is 11.7 Å². The first-order valence-electron chi connectivity index (χ1n) is 7.97. The molecule has 0 aliphatic heterocycles. The van der Waals surface area contributed by atoms with Crippen molar-refractivity contribution in [2.45, 2.75) is 12.8 Å². The Hall–Kier alpha value is -2.29. The van der Waals surface area contributed by atoms with Gasteiger partial charge in [-0.15, -0.1) is 0 Å². The number of halogens is 4. The van der Waals surface area contributed by atoms with E-state index in [0.29, 0.717) is 27.3 Å². The van der Waals surface area contributed by atoms with E-state index in [9.17, 15) is 13.2 Å². The van der Waals surface area contributed by atoms with E-state index in [1.807, 2.05) is 24.3 Å². The van der Waals surface area contributed by atoms with Crippen molar-refractivity contribution in [2.24, 2.45) is 0 Å². The van der Waals surface area contributed by atoms with E-state index in [1.54, 1.807) is 19.2 Å². The minimum absolute atomic E-state index is 0.376. The molecule has 0 N–H and O–H groups in total. The fraction of sp³-hybridized carbons (Fsp3) is 0.150. The Balaban J connectivity index is 1.71. The molecule has 7 heteroatoms. The zero-order valence-electron chi connectivity index (χ0n) is 14.3. The summed E-state index contributed by atoms with van der Waals surface area (Å²) >= 11 is 2.05. The van der Waals surface area contributed by atoms with Crippen LogP contribution >= 0.6 is 22.6 Å². The Labute approximate surface area is 168 Å². The number of ether oxygens (including phenoxy) is 2. The topological polar surface area (TPSA) is 31.4 Å². The molecule has 0 spiro atoms. The van der Waals surface area contributed by atoms with Gasteiger partial charge in [0.1, 0.15) is 16.1 Å². The van der Waals surface area contributed by atoms with Crippen LogP contribution in [-0.2, 0) is 12.8 Å². The molecule has 2 aromatic carbocycles. The fourth-order valence-corrected chi connectivity index (χ4v) is 3.00. The Morgan fingerprint density at radius 3 is 2.15 bits per heavy atom. The van der Waals surface area contributed by atoms with Gasteiger partial charge < -0.3 is 9.47 Å². The quantitative estimate of drug-likeness (QED) is 0.330. The number of benzene rings is 2. The number of rotatable bonds is 5. The molecular formula is C20H15F3INO2. The third kappa shape index (κ3) is 4.91. The number of alkyl halides is 3. The summed E-state index contributed by atoms with van der Waals surface area (Å²) in [6.07, 6.45) is -4.35. The van der Waals surface area contributed by atoms with Crippen LogP contribution in [0, 0.1) is 3.70 Å². The highest BCUT2D eigenvalue weighted by Gasteiger charge is 2.30. The fourth-order valence-electron chi connectivity index (χ4n) is 2.40. The lowest BCUT2D eigenvalue weighted by Crippen LogP contribution is -2.04. The number of aromatic nitrogens is 1. The molecule has 0 aliphatic carbocycles. The summed E-state index contributed by atoms with van der Waals surface area (Å²) in [5, 5.41) is 0. The van der Waals surface area contributed by atoms with Gasteiger partial charge in [0.15, 0.2) is 5.75 Å². The van der Waals surface area contributed by atoms with Crippen LogP contribution in [0.2, 0.25) is 0 Å². The summed E-state index contributed by atoms with van der Waals surface area (Å²) in [7, 11) is 1.61. The monoisotopic (exact) mass is 485 g/mol. The van der Waals surface area contributed by atoms with Gasteiger partial charge >= 0.3 is 6.18 Å². The third-order valence-corrected chi connectivity index (χ3v) is 4.65. The molecule has 1 aromatic heterocycles. The van der Waals surface area contributed by atoms with Gasteiger partial charge in [0.2, 0.25) is 0 Å². The Kier molecular flexibility index (Phi) is 5.88. The van der Waals surface area contributed by atoms with Crippen molar-refractivity contribution in [2.75, 3.05) is 7.11 Å². The molecule has 3 nitrogen and oxygen atoms in total. The largest absolute Gasteiger partial charge is 0.497 e. The molecule has 3 aromatic rings. The smallest absolute Gasteiger partial charge is 0.416 e. The van der Waals surface area contributed by atoms with Gasteiger partial charge in [0, 0.05) is 5.56 Å². The average Bonchev–Trinajstić information content (AvgIpc) is 2.67. The average molecular weight is 485 g/mol. The first-order valence-corrected chi connectivity index (χ1v) is 9.04. The summed E-state index contributed by atoms with van der Waals surface area (Å²) in [4.78, 5) is 4.44. The number of methoxy groups -OCH3 is 1. The molecule has 1 heterocycles. The Morgan fingerprint density at radius 2 is 1.59 bits per heavy atom. The molecule has 0 bridgehead atoms. The number of pyridine rings is 1. The van der Waals surface area contributed by atoms with Crippen LogP contribution in [0.3, 0.4) is 0 Å². The lowest BCUT2D eigenvalue weighted by Gasteiger charge is -2.11. The maximum Gasteiger partial charge on any atom is 0.416 e. The highest BCUT2D eigenvalue weighted by atomic mass is 127. The number of hydrogen-bond donors (Lipinski definition) is 0. The van der Waals surface area contributed by atoms with Gasteiger partial charge in [-0.2, -0.15) is 13.2 Å². The summed E-state index contributed by atoms with van der Waals surface area (Å²) in [6.45, 7) is 0.376. The molecule has 0 fully saturated rings. The lowest BCUT2D eigenvalue weighted by atomic mass is 10.1. The van der Waals surface area contributed by atoms with Crippen LogP contribution in [0.1, 0.15) is 11.1 Å². The van der Waals surface area contributed by atoms with Crippen LogP contribution in [0.4, 0.5) is 13.2 Å². The molecule has 0 saturated carbocycles. The maximum atomic E-state index is 12.7. The number of hydrogen-bond acceptors (Lipinski definition) is 3. The molecular weight excluding hydrogens is 470 g/mol. The third-order valence-electron chi connectivity index (χ3n) is 3.88. The second-order valence-electron chi connectivity index (χ2n) is 5.70. The summed E-state index contributed by atoms with van der Waals surface area (Å²) in [5.41, 5.74) is 1.51. The van der Waals surface area contributed by atoms with Crippen molar-refractivity contribution in [1.82, 2.24) is 4.98 Å². The van der Waals surface area contributed by atoms with Gasteiger partial charge in [-0.3, -0.25) is 0 Å². The van der Waals surface area contributed by atoms with Crippen LogP contribution in [0.5, 0.6) is 11.5 Å². The standard InChI is InChI=1S/C20H15F3INO2/c1-26-16-8-2-13(3-9-16)12-27-18-11-10-17(25-19(18)24)14-4-6-15(7-5-14)20(21,22)23/h2-11H,12H2,1H3. The maximum absolute atomic E-state index is 12.7. The Morgan fingerprint density at radius 1 is 0.926 bits per heavy atom. The van der Waals surface area contributed by atoms with E-state index in [4.69, 9.17) is 9.47 Å². The second-order valence-corrected chi connectivity index (χ2v) is 6.72. The lowest BCUT2D eigenvalue weighted by molar-refractivity contribution is -0.137. The van der Waals surface area contributed by atoms with Gasteiger partial charge in [-0.25, -0.2) is 4.98 Å². The molecule has 0 saturated heterocycles. The predicted molar refractivity (Wildman–Crippen MR) is 105 cm³/mol. The van der Waals surface area contributed by atoms with Crippen LogP contribution < -0.4 is 9.47 Å². The van der Waals surface area contributed by atoms with Gasteiger partial charge in [-0.1, -0.05) is 24.3 Å². The first-order chi connectivity index (χ1) is 12.9. The molecule has 0 radical (unpaired) electrons. The van der Waals surface area contributed by atoms with Crippen molar-refractivity contribution < 1.29 is 22.6 Å². The van der Waals surface area contributed by atoms with E-state index in [2.05, 4.69) is 27.6 Å². The van der Waals surface area contributed by atoms with Gasteiger partial charge in [-0.05, 0) is 64.6 Å². The van der Waals surface area contributed by atoms with Crippen molar-refractivity contribution >= 4 is 22.6 Å². The van der Waals surface area contributed by atoms with Crippen LogP contribution in [-0.4, -0.2) is 12.1 Å². The van der Waals surface area contributed by atoms with E-state index in [1.165, 1.54) is 12.1 Å². The minimum atomic E-state index is -4.35. The number of nitrogens with zero attached hydrogens (tertiary/aromatic N) is 1. The highest BCUT2D eigenvalue weighted by Crippen LogP contribution is 2.31. The molecule has 0 amide bonds. The van der Waals surface area contributed by atoms with E-state index in [-0.39, 0.29) is 0 Å². The van der Waals surface area contributed by atoms with Crippen molar-refractivity contribution in [3.63, 3.8) is 0 Å². The molecule has 27 heavy (non-hydrogen) atoms.